The number of benzene rings is 2. The summed E-state index contributed by atoms with van der Waals surface area (Å²) in [4.78, 5) is 24.6. The number of hydrogen-bond donors (Lipinski definition) is 0. The molecular formula is C26H30N4O2. The number of anilines is 1. The molecule has 2 saturated heterocycles. The molecule has 1 atom stereocenters. The highest BCUT2D eigenvalue weighted by Gasteiger charge is 2.31. The lowest BCUT2D eigenvalue weighted by atomic mass is 10.0. The summed E-state index contributed by atoms with van der Waals surface area (Å²) >= 11 is 0. The van der Waals surface area contributed by atoms with Crippen LogP contribution in [0.25, 0.3) is 10.9 Å². The quantitative estimate of drug-likeness (QED) is 0.632. The van der Waals surface area contributed by atoms with Crippen LogP contribution in [0, 0.1) is 0 Å². The predicted molar refractivity (Wildman–Crippen MR) is 127 cm³/mol. The van der Waals surface area contributed by atoms with E-state index in [2.05, 4.69) is 26.9 Å². The van der Waals surface area contributed by atoms with Crippen molar-refractivity contribution in [2.45, 2.75) is 18.9 Å². The van der Waals surface area contributed by atoms with E-state index in [1.54, 1.807) is 13.3 Å². The molecule has 0 aliphatic carbocycles. The Kier molecular flexibility index (Phi) is 5.95. The van der Waals surface area contributed by atoms with E-state index in [1.807, 2.05) is 47.4 Å². The van der Waals surface area contributed by atoms with Crippen LogP contribution in [0.3, 0.4) is 0 Å². The second kappa shape index (κ2) is 9.17. The van der Waals surface area contributed by atoms with Crippen LogP contribution in [0.1, 0.15) is 23.2 Å². The first-order valence-electron chi connectivity index (χ1n) is 11.5. The molecule has 166 valence electrons. The van der Waals surface area contributed by atoms with Crippen LogP contribution in [-0.2, 0) is 0 Å². The maximum atomic E-state index is 13.2. The second-order valence-corrected chi connectivity index (χ2v) is 8.65. The minimum Gasteiger partial charge on any atom is -0.495 e. The standard InChI is InChI=1S/C26H30N4O2/c1-32-25-9-3-2-8-24(25)29-16-14-28(15-17-29)22-7-5-13-30(19-22)26(31)21-10-11-23-20(18-21)6-4-12-27-23/h2-4,6,8-12,18,22H,5,7,13-17,19H2,1H3. The molecule has 2 aromatic carbocycles. The number of amides is 1. The Bertz CT molecular complexity index is 1090. The molecule has 6 nitrogen and oxygen atoms in total. The Morgan fingerprint density at radius 2 is 1.84 bits per heavy atom. The number of carbonyl (C=O) groups excluding carboxylic acids is 1. The van der Waals surface area contributed by atoms with Gasteiger partial charge in [0.15, 0.2) is 0 Å². The minimum atomic E-state index is 0.133. The molecule has 0 bridgehead atoms. The van der Waals surface area contributed by atoms with Gasteiger partial charge < -0.3 is 14.5 Å². The van der Waals surface area contributed by atoms with Gasteiger partial charge in [0.1, 0.15) is 5.75 Å². The highest BCUT2D eigenvalue weighted by molar-refractivity contribution is 5.98. The number of aromatic nitrogens is 1. The monoisotopic (exact) mass is 430 g/mol. The molecular weight excluding hydrogens is 400 g/mol. The van der Waals surface area contributed by atoms with E-state index in [4.69, 9.17) is 4.74 Å². The first-order valence-corrected chi connectivity index (χ1v) is 11.5. The molecule has 1 unspecified atom stereocenters. The molecule has 2 aliphatic heterocycles. The van der Waals surface area contributed by atoms with E-state index in [0.29, 0.717) is 6.04 Å². The lowest BCUT2D eigenvalue weighted by molar-refractivity contribution is 0.0563. The molecule has 0 radical (unpaired) electrons. The van der Waals surface area contributed by atoms with Crippen LogP contribution in [0.15, 0.2) is 60.8 Å². The fourth-order valence-electron chi connectivity index (χ4n) is 5.05. The number of piperazine rings is 1. The molecule has 3 aromatic rings. The van der Waals surface area contributed by atoms with Crippen molar-refractivity contribution in [1.29, 1.82) is 0 Å². The summed E-state index contributed by atoms with van der Waals surface area (Å²) in [7, 11) is 1.73. The number of piperidine rings is 1. The van der Waals surface area contributed by atoms with Crippen molar-refractivity contribution >= 4 is 22.5 Å². The lowest BCUT2D eigenvalue weighted by Gasteiger charge is -2.44. The van der Waals surface area contributed by atoms with Gasteiger partial charge in [0.25, 0.3) is 5.91 Å². The molecule has 1 aromatic heterocycles. The molecule has 0 spiro atoms. The van der Waals surface area contributed by atoms with Crippen molar-refractivity contribution in [2.24, 2.45) is 0 Å². The van der Waals surface area contributed by atoms with Crippen LogP contribution in [-0.4, -0.2) is 73.1 Å². The molecule has 3 heterocycles. The summed E-state index contributed by atoms with van der Waals surface area (Å²) in [5.74, 6) is 1.06. The van der Waals surface area contributed by atoms with Crippen molar-refractivity contribution in [3.8, 4) is 5.75 Å². The van der Waals surface area contributed by atoms with Crippen LogP contribution in [0.5, 0.6) is 5.75 Å². The Hall–Kier alpha value is -3.12. The summed E-state index contributed by atoms with van der Waals surface area (Å²) in [6, 6.07) is 18.4. The van der Waals surface area contributed by atoms with Gasteiger partial charge in [-0.2, -0.15) is 0 Å². The molecule has 32 heavy (non-hydrogen) atoms. The zero-order valence-corrected chi connectivity index (χ0v) is 18.6. The summed E-state index contributed by atoms with van der Waals surface area (Å²) in [6.45, 7) is 5.60. The Morgan fingerprint density at radius 1 is 1.00 bits per heavy atom. The molecule has 1 amide bonds. The number of likely N-dealkylation sites (tertiary alicyclic amines) is 1. The minimum absolute atomic E-state index is 0.133. The van der Waals surface area contributed by atoms with Gasteiger partial charge in [0.2, 0.25) is 0 Å². The number of hydrogen-bond acceptors (Lipinski definition) is 5. The van der Waals surface area contributed by atoms with E-state index >= 15 is 0 Å². The summed E-state index contributed by atoms with van der Waals surface area (Å²) < 4.78 is 5.55. The van der Waals surface area contributed by atoms with Gasteiger partial charge in [-0.05, 0) is 49.2 Å². The Balaban J connectivity index is 1.23. The normalized spacial score (nSPS) is 19.8. The van der Waals surface area contributed by atoms with Crippen molar-refractivity contribution in [3.05, 3.63) is 66.4 Å². The van der Waals surface area contributed by atoms with Gasteiger partial charge in [-0.1, -0.05) is 18.2 Å². The third kappa shape index (κ3) is 4.15. The largest absolute Gasteiger partial charge is 0.495 e. The van der Waals surface area contributed by atoms with Crippen molar-refractivity contribution in [2.75, 3.05) is 51.3 Å². The van der Waals surface area contributed by atoms with E-state index in [0.717, 1.165) is 74.3 Å². The second-order valence-electron chi connectivity index (χ2n) is 8.65. The third-order valence-electron chi connectivity index (χ3n) is 6.79. The van der Waals surface area contributed by atoms with Crippen molar-refractivity contribution in [3.63, 3.8) is 0 Å². The first kappa shape index (κ1) is 20.8. The molecule has 2 fully saturated rings. The summed E-state index contributed by atoms with van der Waals surface area (Å²) in [5, 5.41) is 1.01. The van der Waals surface area contributed by atoms with Crippen molar-refractivity contribution < 1.29 is 9.53 Å². The average Bonchev–Trinajstić information content (AvgIpc) is 2.88. The zero-order chi connectivity index (χ0) is 21.9. The molecule has 6 heteroatoms. The number of fused-ring (bicyclic) bond motifs is 1. The zero-order valence-electron chi connectivity index (χ0n) is 18.6. The third-order valence-corrected chi connectivity index (χ3v) is 6.79. The van der Waals surface area contributed by atoms with E-state index in [9.17, 15) is 4.79 Å². The number of rotatable bonds is 4. The van der Waals surface area contributed by atoms with Crippen molar-refractivity contribution in [1.82, 2.24) is 14.8 Å². The van der Waals surface area contributed by atoms with Gasteiger partial charge >= 0.3 is 0 Å². The first-order chi connectivity index (χ1) is 15.7. The summed E-state index contributed by atoms with van der Waals surface area (Å²) in [5.41, 5.74) is 2.85. The lowest BCUT2D eigenvalue weighted by Crippen LogP contribution is -2.55. The van der Waals surface area contributed by atoms with Crippen LogP contribution < -0.4 is 9.64 Å². The van der Waals surface area contributed by atoms with E-state index in [-0.39, 0.29) is 5.91 Å². The maximum absolute atomic E-state index is 13.2. The Labute approximate surface area is 189 Å². The molecule has 5 rings (SSSR count). The molecule has 2 aliphatic rings. The highest BCUT2D eigenvalue weighted by Crippen LogP contribution is 2.29. The number of methoxy groups -OCH3 is 1. The SMILES string of the molecule is COc1ccccc1N1CCN(C2CCCN(C(=O)c3ccc4ncccc4c3)C2)CC1. The van der Waals surface area contributed by atoms with Crippen LogP contribution >= 0.6 is 0 Å². The molecule has 0 saturated carbocycles. The van der Waals surface area contributed by atoms with Gasteiger partial charge in [0, 0.05) is 62.5 Å². The fourth-order valence-corrected chi connectivity index (χ4v) is 5.05. The highest BCUT2D eigenvalue weighted by atomic mass is 16.5. The molecule has 0 N–H and O–H groups in total. The number of para-hydroxylation sites is 2. The topological polar surface area (TPSA) is 48.9 Å². The van der Waals surface area contributed by atoms with E-state index in [1.165, 1.54) is 5.69 Å². The van der Waals surface area contributed by atoms with Gasteiger partial charge in [-0.25, -0.2) is 0 Å². The predicted octanol–water partition coefficient (Wildman–Crippen LogP) is 3.67. The number of nitrogens with zero attached hydrogens (tertiary/aromatic N) is 4. The van der Waals surface area contributed by atoms with Gasteiger partial charge in [-0.3, -0.25) is 14.7 Å². The van der Waals surface area contributed by atoms with Gasteiger partial charge in [-0.15, -0.1) is 0 Å². The number of ether oxygens (including phenoxy) is 1. The number of pyridine rings is 1. The maximum Gasteiger partial charge on any atom is 0.253 e. The van der Waals surface area contributed by atoms with Gasteiger partial charge in [0.05, 0.1) is 18.3 Å². The Morgan fingerprint density at radius 3 is 2.69 bits per heavy atom. The number of carbonyl (C=O) groups is 1. The fraction of sp³-hybridized carbons (Fsp3) is 0.385. The summed E-state index contributed by atoms with van der Waals surface area (Å²) in [6.07, 6.45) is 3.99. The average molecular weight is 431 g/mol. The smallest absolute Gasteiger partial charge is 0.253 e. The van der Waals surface area contributed by atoms with E-state index < -0.39 is 0 Å². The van der Waals surface area contributed by atoms with Crippen LogP contribution in [0.2, 0.25) is 0 Å². The van der Waals surface area contributed by atoms with Crippen LogP contribution in [0.4, 0.5) is 5.69 Å².